The number of aromatic nitrogens is 2. The van der Waals surface area contributed by atoms with Crippen LogP contribution in [0, 0.1) is 0 Å². The lowest BCUT2D eigenvalue weighted by Crippen LogP contribution is -2.30. The molecule has 2 aromatic heterocycles. The van der Waals surface area contributed by atoms with E-state index in [1.807, 2.05) is 0 Å². The molecule has 3 N–H and O–H groups in total. The largest absolute Gasteiger partial charge is 0.490 e. The predicted octanol–water partition coefficient (Wildman–Crippen LogP) is 3.94. The highest BCUT2D eigenvalue weighted by atomic mass is 19.4. The Morgan fingerprint density at radius 1 is 0.941 bits per heavy atom. The lowest BCUT2D eigenvalue weighted by molar-refractivity contribution is -0.192. The number of benzene rings is 1. The fourth-order valence-corrected chi connectivity index (χ4v) is 2.51. The maximum absolute atomic E-state index is 12.8. The molecule has 0 aliphatic rings. The van der Waals surface area contributed by atoms with Gasteiger partial charge in [0, 0.05) is 18.5 Å². The van der Waals surface area contributed by atoms with Crippen molar-refractivity contribution in [1.82, 2.24) is 15.3 Å². The molecular weight excluding hydrogens is 472 g/mol. The molecule has 0 bridgehead atoms. The molecule has 0 saturated carbocycles. The van der Waals surface area contributed by atoms with Crippen LogP contribution < -0.4 is 10.9 Å². The van der Waals surface area contributed by atoms with Gasteiger partial charge in [-0.3, -0.25) is 14.6 Å². The molecule has 0 fully saturated rings. The van der Waals surface area contributed by atoms with E-state index in [2.05, 4.69) is 15.3 Å². The Kier molecular flexibility index (Phi) is 8.16. The smallest absolute Gasteiger partial charge is 0.475 e. The number of rotatable bonds is 4. The summed E-state index contributed by atoms with van der Waals surface area (Å²) >= 11 is 0. The van der Waals surface area contributed by atoms with Crippen molar-refractivity contribution in [3.63, 3.8) is 0 Å². The third kappa shape index (κ3) is 7.46. The number of carboxylic acids is 1. The third-order valence-corrected chi connectivity index (χ3v) is 4.12. The average Bonchev–Trinajstić information content (AvgIpc) is 2.77. The first-order valence-corrected chi connectivity index (χ1v) is 9.17. The number of pyridine rings is 2. The van der Waals surface area contributed by atoms with Crippen LogP contribution in [-0.4, -0.2) is 33.1 Å². The maximum atomic E-state index is 12.8. The number of H-pyrrole nitrogens is 1. The van der Waals surface area contributed by atoms with Gasteiger partial charge in [0.1, 0.15) is 0 Å². The van der Waals surface area contributed by atoms with E-state index in [0.29, 0.717) is 11.3 Å². The Labute approximate surface area is 187 Å². The summed E-state index contributed by atoms with van der Waals surface area (Å²) in [5.41, 5.74) is -0.00880. The van der Waals surface area contributed by atoms with Gasteiger partial charge in [-0.2, -0.15) is 26.3 Å². The van der Waals surface area contributed by atoms with Crippen molar-refractivity contribution in [1.29, 1.82) is 0 Å². The van der Waals surface area contributed by atoms with Crippen molar-refractivity contribution < 1.29 is 41.0 Å². The van der Waals surface area contributed by atoms with E-state index in [4.69, 9.17) is 9.90 Å². The first-order chi connectivity index (χ1) is 15.8. The molecule has 180 valence electrons. The van der Waals surface area contributed by atoms with Crippen LogP contribution >= 0.6 is 0 Å². The summed E-state index contributed by atoms with van der Waals surface area (Å²) in [4.78, 5) is 39.1. The summed E-state index contributed by atoms with van der Waals surface area (Å²) in [7, 11) is 0. The Balaban J connectivity index is 0.000000509. The Bertz CT molecular complexity index is 1160. The summed E-state index contributed by atoms with van der Waals surface area (Å²) in [5, 5.41) is 9.86. The molecule has 34 heavy (non-hydrogen) atoms. The minimum atomic E-state index is -5.08. The second-order valence-corrected chi connectivity index (χ2v) is 6.53. The Morgan fingerprint density at radius 2 is 1.56 bits per heavy atom. The molecule has 13 heteroatoms. The number of carboxylic acid groups (broad SMARTS) is 1. The zero-order chi connectivity index (χ0) is 25.5. The monoisotopic (exact) mass is 487 g/mol. The van der Waals surface area contributed by atoms with Gasteiger partial charge in [-0.1, -0.05) is 18.2 Å². The van der Waals surface area contributed by atoms with Crippen LogP contribution in [-0.2, 0) is 11.0 Å². The average molecular weight is 487 g/mol. The quantitative estimate of drug-likeness (QED) is 0.483. The van der Waals surface area contributed by atoms with Gasteiger partial charge in [-0.15, -0.1) is 0 Å². The number of alkyl halides is 6. The molecular formula is C21H15F6N3O4. The number of hydrogen-bond donors (Lipinski definition) is 3. The molecule has 0 aliphatic carbocycles. The lowest BCUT2D eigenvalue weighted by atomic mass is 10.0. The van der Waals surface area contributed by atoms with Crippen molar-refractivity contribution in [2.75, 3.05) is 0 Å². The number of nitrogens with zero attached hydrogens (tertiary/aromatic N) is 1. The number of amides is 1. The minimum Gasteiger partial charge on any atom is -0.475 e. The SMILES string of the molecule is O=C(NC(c1ccc(C(F)(F)F)cc1)c1ccccn1)c1ccc(=O)[nH]c1.O=C(O)C(F)(F)F. The molecule has 0 radical (unpaired) electrons. The van der Waals surface area contributed by atoms with Crippen LogP contribution in [0.15, 0.2) is 71.8 Å². The summed E-state index contributed by atoms with van der Waals surface area (Å²) in [6.07, 6.45) is -6.74. The van der Waals surface area contributed by atoms with Crippen LogP contribution in [0.2, 0.25) is 0 Å². The van der Waals surface area contributed by atoms with Gasteiger partial charge in [0.05, 0.1) is 22.9 Å². The van der Waals surface area contributed by atoms with Crippen molar-refractivity contribution in [3.8, 4) is 0 Å². The number of nitrogens with one attached hydrogen (secondary N) is 2. The van der Waals surface area contributed by atoms with Crippen LogP contribution in [0.4, 0.5) is 26.3 Å². The number of carbonyl (C=O) groups excluding carboxylic acids is 1. The van der Waals surface area contributed by atoms with Gasteiger partial charge in [-0.05, 0) is 35.9 Å². The second-order valence-electron chi connectivity index (χ2n) is 6.53. The molecule has 3 rings (SSSR count). The summed E-state index contributed by atoms with van der Waals surface area (Å²) in [6.45, 7) is 0. The van der Waals surface area contributed by atoms with E-state index in [-0.39, 0.29) is 11.1 Å². The van der Waals surface area contributed by atoms with Gasteiger partial charge >= 0.3 is 18.3 Å². The van der Waals surface area contributed by atoms with E-state index in [0.717, 1.165) is 12.1 Å². The molecule has 1 aromatic carbocycles. The summed E-state index contributed by atoms with van der Waals surface area (Å²) in [5.74, 6) is -3.26. The zero-order valence-electron chi connectivity index (χ0n) is 16.8. The van der Waals surface area contributed by atoms with Crippen molar-refractivity contribution in [2.24, 2.45) is 0 Å². The molecule has 7 nitrogen and oxygen atoms in total. The van der Waals surface area contributed by atoms with Crippen LogP contribution in [0.25, 0.3) is 0 Å². The Morgan fingerprint density at radius 3 is 2.00 bits per heavy atom. The van der Waals surface area contributed by atoms with Gasteiger partial charge < -0.3 is 15.4 Å². The first-order valence-electron chi connectivity index (χ1n) is 9.17. The van der Waals surface area contributed by atoms with Crippen LogP contribution in [0.3, 0.4) is 0 Å². The third-order valence-electron chi connectivity index (χ3n) is 4.12. The molecule has 2 heterocycles. The summed E-state index contributed by atoms with van der Waals surface area (Å²) in [6, 6.07) is 11.4. The van der Waals surface area contributed by atoms with Crippen molar-refractivity contribution in [3.05, 3.63) is 99.7 Å². The maximum Gasteiger partial charge on any atom is 0.490 e. The molecule has 0 aliphatic heterocycles. The highest BCUT2D eigenvalue weighted by Crippen LogP contribution is 2.30. The summed E-state index contributed by atoms with van der Waals surface area (Å²) < 4.78 is 70.1. The van der Waals surface area contributed by atoms with E-state index >= 15 is 0 Å². The molecule has 0 spiro atoms. The topological polar surface area (TPSA) is 112 Å². The molecule has 0 saturated heterocycles. The molecule has 1 amide bonds. The highest BCUT2D eigenvalue weighted by molar-refractivity contribution is 5.94. The van der Waals surface area contributed by atoms with Gasteiger partial charge in [-0.25, -0.2) is 4.79 Å². The van der Waals surface area contributed by atoms with E-state index in [1.165, 1.54) is 36.7 Å². The second kappa shape index (κ2) is 10.6. The standard InChI is InChI=1S/C19H14F3N3O2.C2HF3O2/c20-19(21,22)14-7-4-12(5-8-14)17(15-3-1-2-10-23-15)25-18(27)13-6-9-16(26)24-11-13;3-2(4,5)1(6)7/h1-11,17H,(H,24,26)(H,25,27);(H,6,7). The van der Waals surface area contributed by atoms with Gasteiger partial charge in [0.25, 0.3) is 5.91 Å². The number of aromatic amines is 1. The number of halogens is 6. The molecule has 3 aromatic rings. The molecule has 1 unspecified atom stereocenters. The van der Waals surface area contributed by atoms with E-state index in [9.17, 15) is 35.9 Å². The van der Waals surface area contributed by atoms with Gasteiger partial charge in [0.2, 0.25) is 5.56 Å². The fraction of sp³-hybridized carbons (Fsp3) is 0.143. The fourth-order valence-electron chi connectivity index (χ4n) is 2.51. The van der Waals surface area contributed by atoms with Crippen molar-refractivity contribution in [2.45, 2.75) is 18.4 Å². The minimum absolute atomic E-state index is 0.211. The van der Waals surface area contributed by atoms with Gasteiger partial charge in [0.15, 0.2) is 0 Å². The van der Waals surface area contributed by atoms with Crippen LogP contribution in [0.1, 0.15) is 33.2 Å². The first kappa shape index (κ1) is 26.1. The van der Waals surface area contributed by atoms with Crippen molar-refractivity contribution >= 4 is 11.9 Å². The zero-order valence-corrected chi connectivity index (χ0v) is 16.8. The normalized spacial score (nSPS) is 12.2. The molecule has 1 atom stereocenters. The lowest BCUT2D eigenvalue weighted by Gasteiger charge is -2.19. The number of aliphatic carboxylic acids is 1. The highest BCUT2D eigenvalue weighted by Gasteiger charge is 2.38. The number of carbonyl (C=O) groups is 2. The Hall–Kier alpha value is -4.16. The van der Waals surface area contributed by atoms with E-state index in [1.54, 1.807) is 18.2 Å². The predicted molar refractivity (Wildman–Crippen MR) is 106 cm³/mol. The number of hydrogen-bond acceptors (Lipinski definition) is 4. The van der Waals surface area contributed by atoms with Crippen LogP contribution in [0.5, 0.6) is 0 Å². The van der Waals surface area contributed by atoms with E-state index < -0.39 is 35.8 Å².